The smallest absolute Gasteiger partial charge is 0.0341 e. The van der Waals surface area contributed by atoms with Gasteiger partial charge in [-0.25, -0.2) is 0 Å². The predicted octanol–water partition coefficient (Wildman–Crippen LogP) is 4.52. The number of nitrogens with one attached hydrogen (secondary N) is 1. The third kappa shape index (κ3) is 4.81. The van der Waals surface area contributed by atoms with Crippen molar-refractivity contribution in [3.8, 4) is 0 Å². The highest BCUT2D eigenvalue weighted by Crippen LogP contribution is 2.20. The fourth-order valence-electron chi connectivity index (χ4n) is 2.93. The molecule has 2 nitrogen and oxygen atoms in total. The largest absolute Gasteiger partial charge is 0.384 e. The van der Waals surface area contributed by atoms with Crippen molar-refractivity contribution in [2.24, 2.45) is 0 Å². The molecule has 19 heavy (non-hydrogen) atoms. The molecule has 0 aliphatic carbocycles. The minimum atomic E-state index is 0.825. The quantitative estimate of drug-likeness (QED) is 0.827. The third-order valence-corrected chi connectivity index (χ3v) is 4.47. The SMILES string of the molecule is CCCC1CCCCN1CCNc1ccc(Br)cc1. The van der Waals surface area contributed by atoms with Gasteiger partial charge in [-0.05, 0) is 50.1 Å². The predicted molar refractivity (Wildman–Crippen MR) is 86.8 cm³/mol. The molecule has 1 unspecified atom stereocenters. The molecule has 1 heterocycles. The second-order valence-electron chi connectivity index (χ2n) is 5.41. The van der Waals surface area contributed by atoms with Crippen molar-refractivity contribution in [2.75, 3.05) is 25.0 Å². The Labute approximate surface area is 125 Å². The van der Waals surface area contributed by atoms with E-state index in [1.807, 2.05) is 0 Å². The average molecular weight is 325 g/mol. The van der Waals surface area contributed by atoms with Gasteiger partial charge in [0.2, 0.25) is 0 Å². The summed E-state index contributed by atoms with van der Waals surface area (Å²) in [5.74, 6) is 0. The summed E-state index contributed by atoms with van der Waals surface area (Å²) < 4.78 is 1.14. The Balaban J connectivity index is 1.75. The van der Waals surface area contributed by atoms with Crippen LogP contribution in [0.1, 0.15) is 39.0 Å². The summed E-state index contributed by atoms with van der Waals surface area (Å²) in [5.41, 5.74) is 1.22. The van der Waals surface area contributed by atoms with E-state index in [4.69, 9.17) is 0 Å². The molecule has 0 aromatic heterocycles. The van der Waals surface area contributed by atoms with Crippen LogP contribution >= 0.6 is 15.9 Å². The van der Waals surface area contributed by atoms with Crippen molar-refractivity contribution in [1.29, 1.82) is 0 Å². The fourth-order valence-corrected chi connectivity index (χ4v) is 3.19. The molecule has 106 valence electrons. The van der Waals surface area contributed by atoms with Crippen molar-refractivity contribution in [3.63, 3.8) is 0 Å². The molecule has 1 aromatic rings. The molecule has 1 fully saturated rings. The standard InChI is InChI=1S/C16H25BrN2/c1-2-5-16-6-3-4-12-19(16)13-11-18-15-9-7-14(17)8-10-15/h7-10,16,18H,2-6,11-13H2,1H3. The monoisotopic (exact) mass is 324 g/mol. The molecule has 1 aromatic carbocycles. The normalized spacial score (nSPS) is 20.4. The molecule has 3 heteroatoms. The van der Waals surface area contributed by atoms with Crippen LogP contribution in [0.3, 0.4) is 0 Å². The number of piperidine rings is 1. The zero-order valence-electron chi connectivity index (χ0n) is 11.9. The van der Waals surface area contributed by atoms with Gasteiger partial charge in [0.1, 0.15) is 0 Å². The maximum absolute atomic E-state index is 3.52. The van der Waals surface area contributed by atoms with Crippen LogP contribution in [0.5, 0.6) is 0 Å². The van der Waals surface area contributed by atoms with E-state index in [2.05, 4.69) is 57.3 Å². The van der Waals surface area contributed by atoms with Crippen molar-refractivity contribution in [1.82, 2.24) is 4.90 Å². The number of likely N-dealkylation sites (tertiary alicyclic amines) is 1. The average Bonchev–Trinajstić information content (AvgIpc) is 2.43. The van der Waals surface area contributed by atoms with Gasteiger partial charge in [-0.1, -0.05) is 35.7 Å². The summed E-state index contributed by atoms with van der Waals surface area (Å²) in [6.07, 6.45) is 6.85. The topological polar surface area (TPSA) is 15.3 Å². The molecular formula is C16H25BrN2. The number of hydrogen-bond acceptors (Lipinski definition) is 2. The van der Waals surface area contributed by atoms with Crippen LogP contribution in [0.4, 0.5) is 5.69 Å². The highest BCUT2D eigenvalue weighted by Gasteiger charge is 2.20. The molecule has 0 bridgehead atoms. The number of hydrogen-bond donors (Lipinski definition) is 1. The highest BCUT2D eigenvalue weighted by molar-refractivity contribution is 9.10. The number of halogens is 1. The van der Waals surface area contributed by atoms with Crippen molar-refractivity contribution in [3.05, 3.63) is 28.7 Å². The second-order valence-corrected chi connectivity index (χ2v) is 6.32. The highest BCUT2D eigenvalue weighted by atomic mass is 79.9. The summed E-state index contributed by atoms with van der Waals surface area (Å²) in [5, 5.41) is 3.52. The Morgan fingerprint density at radius 1 is 1.26 bits per heavy atom. The van der Waals surface area contributed by atoms with Crippen LogP contribution in [0.2, 0.25) is 0 Å². The number of nitrogens with zero attached hydrogens (tertiary/aromatic N) is 1. The van der Waals surface area contributed by atoms with Crippen LogP contribution in [-0.4, -0.2) is 30.6 Å². The van der Waals surface area contributed by atoms with Crippen LogP contribution < -0.4 is 5.32 Å². The Bertz CT molecular complexity index is 362. The summed E-state index contributed by atoms with van der Waals surface area (Å²) in [6.45, 7) is 5.79. The van der Waals surface area contributed by atoms with Crippen LogP contribution in [-0.2, 0) is 0 Å². The summed E-state index contributed by atoms with van der Waals surface area (Å²) >= 11 is 3.47. The van der Waals surface area contributed by atoms with E-state index in [1.165, 1.54) is 50.9 Å². The summed E-state index contributed by atoms with van der Waals surface area (Å²) in [6, 6.07) is 9.25. The lowest BCUT2D eigenvalue weighted by atomic mass is 9.98. The first-order chi connectivity index (χ1) is 9.29. The van der Waals surface area contributed by atoms with E-state index in [9.17, 15) is 0 Å². The van der Waals surface area contributed by atoms with E-state index >= 15 is 0 Å². The van der Waals surface area contributed by atoms with Crippen molar-refractivity contribution >= 4 is 21.6 Å². The zero-order valence-corrected chi connectivity index (χ0v) is 13.5. The molecule has 1 N–H and O–H groups in total. The van der Waals surface area contributed by atoms with E-state index in [-0.39, 0.29) is 0 Å². The Kier molecular flexibility index (Phi) is 6.18. The Morgan fingerprint density at radius 3 is 2.79 bits per heavy atom. The van der Waals surface area contributed by atoms with Gasteiger partial charge in [-0.3, -0.25) is 4.90 Å². The summed E-state index contributed by atoms with van der Waals surface area (Å²) in [7, 11) is 0. The Hall–Kier alpha value is -0.540. The van der Waals surface area contributed by atoms with Gasteiger partial charge in [0, 0.05) is 29.3 Å². The van der Waals surface area contributed by atoms with Gasteiger partial charge in [0.15, 0.2) is 0 Å². The zero-order chi connectivity index (χ0) is 13.5. The number of anilines is 1. The molecule has 1 saturated heterocycles. The molecular weight excluding hydrogens is 300 g/mol. The van der Waals surface area contributed by atoms with Gasteiger partial charge < -0.3 is 5.32 Å². The maximum Gasteiger partial charge on any atom is 0.0341 e. The molecule has 0 radical (unpaired) electrons. The van der Waals surface area contributed by atoms with Gasteiger partial charge >= 0.3 is 0 Å². The molecule has 1 aliphatic rings. The molecule has 1 aliphatic heterocycles. The van der Waals surface area contributed by atoms with E-state index in [0.29, 0.717) is 0 Å². The van der Waals surface area contributed by atoms with Crippen LogP contribution in [0, 0.1) is 0 Å². The van der Waals surface area contributed by atoms with Crippen molar-refractivity contribution in [2.45, 2.75) is 45.1 Å². The molecule has 0 saturated carbocycles. The minimum Gasteiger partial charge on any atom is -0.384 e. The molecule has 1 atom stereocenters. The number of rotatable bonds is 6. The van der Waals surface area contributed by atoms with Gasteiger partial charge in [-0.2, -0.15) is 0 Å². The van der Waals surface area contributed by atoms with Crippen molar-refractivity contribution < 1.29 is 0 Å². The first kappa shape index (κ1) is 14.9. The first-order valence-corrected chi connectivity index (χ1v) is 8.32. The summed E-state index contributed by atoms with van der Waals surface area (Å²) in [4.78, 5) is 2.68. The Morgan fingerprint density at radius 2 is 2.05 bits per heavy atom. The molecule has 0 spiro atoms. The van der Waals surface area contributed by atoms with Crippen LogP contribution in [0.25, 0.3) is 0 Å². The maximum atomic E-state index is 3.52. The van der Waals surface area contributed by atoms with E-state index in [1.54, 1.807) is 0 Å². The molecule has 0 amide bonds. The minimum absolute atomic E-state index is 0.825. The van der Waals surface area contributed by atoms with Crippen LogP contribution in [0.15, 0.2) is 28.7 Å². The lowest BCUT2D eigenvalue weighted by molar-refractivity contribution is 0.145. The third-order valence-electron chi connectivity index (χ3n) is 3.94. The van der Waals surface area contributed by atoms with E-state index in [0.717, 1.165) is 17.1 Å². The first-order valence-electron chi connectivity index (χ1n) is 7.53. The van der Waals surface area contributed by atoms with Gasteiger partial charge in [0.25, 0.3) is 0 Å². The van der Waals surface area contributed by atoms with Gasteiger partial charge in [-0.15, -0.1) is 0 Å². The number of benzene rings is 1. The lowest BCUT2D eigenvalue weighted by Crippen LogP contribution is -2.41. The molecule has 2 rings (SSSR count). The van der Waals surface area contributed by atoms with Gasteiger partial charge in [0.05, 0.1) is 0 Å². The van der Waals surface area contributed by atoms with E-state index < -0.39 is 0 Å². The fraction of sp³-hybridized carbons (Fsp3) is 0.625. The lowest BCUT2D eigenvalue weighted by Gasteiger charge is -2.35. The second kappa shape index (κ2) is 7.91.